The van der Waals surface area contributed by atoms with Gasteiger partial charge in [-0.3, -0.25) is 14.4 Å². The van der Waals surface area contributed by atoms with Gasteiger partial charge >= 0.3 is 5.97 Å². The maximum absolute atomic E-state index is 12.7. The van der Waals surface area contributed by atoms with E-state index in [-0.39, 0.29) is 37.4 Å². The molecule has 0 aliphatic carbocycles. The first-order valence-electron chi connectivity index (χ1n) is 12.9. The minimum Gasteiger partial charge on any atom is -0.457 e. The third-order valence-electron chi connectivity index (χ3n) is 6.65. The van der Waals surface area contributed by atoms with Crippen molar-refractivity contribution in [2.45, 2.75) is 46.1 Å². The van der Waals surface area contributed by atoms with E-state index < -0.39 is 11.9 Å². The first kappa shape index (κ1) is 26.9. The van der Waals surface area contributed by atoms with E-state index in [2.05, 4.69) is 31.3 Å². The first-order valence-corrected chi connectivity index (χ1v) is 12.9. The molecular formula is C31H34N2O5. The number of hydrogen-bond acceptors (Lipinski definition) is 5. The van der Waals surface area contributed by atoms with E-state index in [4.69, 9.17) is 9.47 Å². The first-order chi connectivity index (χ1) is 18.2. The van der Waals surface area contributed by atoms with Gasteiger partial charge in [-0.15, -0.1) is 0 Å². The van der Waals surface area contributed by atoms with Crippen LogP contribution >= 0.6 is 0 Å². The number of hydrogen-bond donors (Lipinski definition) is 1. The summed E-state index contributed by atoms with van der Waals surface area (Å²) < 4.78 is 11.4. The second-order valence-electron chi connectivity index (χ2n) is 10.0. The van der Waals surface area contributed by atoms with Gasteiger partial charge in [-0.1, -0.05) is 56.3 Å². The molecule has 1 heterocycles. The Morgan fingerprint density at radius 1 is 1.00 bits per heavy atom. The lowest BCUT2D eigenvalue weighted by atomic mass is 10.0. The number of carbonyl (C=O) groups is 3. The summed E-state index contributed by atoms with van der Waals surface area (Å²) in [5, 5.41) is 2.82. The predicted octanol–water partition coefficient (Wildman–Crippen LogP) is 5.68. The number of nitrogens with zero attached hydrogens (tertiary/aromatic N) is 1. The number of ether oxygens (including phenoxy) is 2. The van der Waals surface area contributed by atoms with Crippen LogP contribution in [0.2, 0.25) is 0 Å². The number of anilines is 1. The maximum Gasteiger partial charge on any atom is 0.311 e. The van der Waals surface area contributed by atoms with Crippen LogP contribution in [0.1, 0.15) is 55.8 Å². The molecule has 38 heavy (non-hydrogen) atoms. The minimum atomic E-state index is -0.626. The molecule has 0 saturated carbocycles. The molecule has 1 aliphatic heterocycles. The Hall–Kier alpha value is -4.13. The maximum atomic E-state index is 12.7. The zero-order chi connectivity index (χ0) is 27.2. The van der Waals surface area contributed by atoms with Gasteiger partial charge in [0.05, 0.1) is 12.0 Å². The average Bonchev–Trinajstić information content (AvgIpc) is 3.29. The summed E-state index contributed by atoms with van der Waals surface area (Å²) >= 11 is 0. The standard InChI is InChI=1S/C31H34N2O5/c1-20(2)27-15-10-21(3)16-28(27)38-26-13-11-25(12-14-26)33-18-24(17-30(33)35)31(36)37-19-29(34)32-22(4)23-8-6-5-7-9-23/h5-16,20,22,24H,17-19H2,1-4H3,(H,32,34)/t22-,24+/m1/s1. The molecule has 7 nitrogen and oxygen atoms in total. The predicted molar refractivity (Wildman–Crippen MR) is 146 cm³/mol. The lowest BCUT2D eigenvalue weighted by Crippen LogP contribution is -2.32. The van der Waals surface area contributed by atoms with E-state index in [1.807, 2.05) is 74.5 Å². The zero-order valence-corrected chi connectivity index (χ0v) is 22.3. The topological polar surface area (TPSA) is 84.9 Å². The van der Waals surface area contributed by atoms with E-state index in [0.29, 0.717) is 17.4 Å². The van der Waals surface area contributed by atoms with Crippen molar-refractivity contribution in [3.05, 3.63) is 89.5 Å². The lowest BCUT2D eigenvalue weighted by Gasteiger charge is -2.18. The van der Waals surface area contributed by atoms with Crippen LogP contribution in [0.15, 0.2) is 72.8 Å². The fraction of sp³-hybridized carbons (Fsp3) is 0.323. The third-order valence-corrected chi connectivity index (χ3v) is 6.65. The molecule has 3 aromatic rings. The van der Waals surface area contributed by atoms with E-state index in [1.54, 1.807) is 4.90 Å². The number of amides is 2. The largest absolute Gasteiger partial charge is 0.457 e. The highest BCUT2D eigenvalue weighted by Crippen LogP contribution is 2.33. The highest BCUT2D eigenvalue weighted by atomic mass is 16.5. The number of nitrogens with one attached hydrogen (secondary N) is 1. The van der Waals surface area contributed by atoms with Crippen LogP contribution in [0.25, 0.3) is 0 Å². The van der Waals surface area contributed by atoms with Gasteiger partial charge in [0, 0.05) is 18.7 Å². The normalized spacial score (nSPS) is 15.9. The van der Waals surface area contributed by atoms with Crippen molar-refractivity contribution in [1.29, 1.82) is 0 Å². The van der Waals surface area contributed by atoms with Crippen molar-refractivity contribution in [2.24, 2.45) is 5.92 Å². The van der Waals surface area contributed by atoms with Crippen LogP contribution in [0.3, 0.4) is 0 Å². The van der Waals surface area contributed by atoms with Crippen molar-refractivity contribution < 1.29 is 23.9 Å². The molecule has 2 amide bonds. The van der Waals surface area contributed by atoms with Crippen molar-refractivity contribution in [3.63, 3.8) is 0 Å². The smallest absolute Gasteiger partial charge is 0.311 e. The molecule has 4 rings (SSSR count). The Balaban J connectivity index is 1.31. The number of carbonyl (C=O) groups excluding carboxylic acids is 3. The lowest BCUT2D eigenvalue weighted by molar-refractivity contribution is -0.152. The van der Waals surface area contributed by atoms with Gasteiger partial charge in [0.2, 0.25) is 5.91 Å². The Kier molecular flexibility index (Phi) is 8.46. The molecule has 0 radical (unpaired) electrons. The van der Waals surface area contributed by atoms with Crippen LogP contribution in [0.4, 0.5) is 5.69 Å². The Morgan fingerprint density at radius 2 is 1.71 bits per heavy atom. The van der Waals surface area contributed by atoms with Crippen LogP contribution in [0.5, 0.6) is 11.5 Å². The highest BCUT2D eigenvalue weighted by molar-refractivity contribution is 5.99. The van der Waals surface area contributed by atoms with Crippen molar-refractivity contribution in [3.8, 4) is 11.5 Å². The van der Waals surface area contributed by atoms with E-state index >= 15 is 0 Å². The fourth-order valence-electron chi connectivity index (χ4n) is 4.51. The summed E-state index contributed by atoms with van der Waals surface area (Å²) in [6.07, 6.45) is 0.0418. The quantitative estimate of drug-likeness (QED) is 0.371. The molecule has 1 saturated heterocycles. The molecule has 0 bridgehead atoms. The van der Waals surface area contributed by atoms with Crippen molar-refractivity contribution >= 4 is 23.5 Å². The Bertz CT molecular complexity index is 1290. The van der Waals surface area contributed by atoms with Gasteiger partial charge < -0.3 is 19.7 Å². The number of esters is 1. The highest BCUT2D eigenvalue weighted by Gasteiger charge is 2.36. The van der Waals surface area contributed by atoms with E-state index in [1.165, 1.54) is 0 Å². The van der Waals surface area contributed by atoms with Crippen LogP contribution in [-0.4, -0.2) is 30.9 Å². The van der Waals surface area contributed by atoms with Crippen LogP contribution < -0.4 is 15.0 Å². The molecule has 198 valence electrons. The van der Waals surface area contributed by atoms with Gasteiger partial charge in [0.25, 0.3) is 5.91 Å². The average molecular weight is 515 g/mol. The monoisotopic (exact) mass is 514 g/mol. The molecular weight excluding hydrogens is 480 g/mol. The van der Waals surface area contributed by atoms with Crippen LogP contribution in [-0.2, 0) is 19.1 Å². The van der Waals surface area contributed by atoms with Crippen molar-refractivity contribution in [1.82, 2.24) is 5.32 Å². The Labute approximate surface area is 223 Å². The van der Waals surface area contributed by atoms with Gasteiger partial charge in [-0.05, 0) is 66.8 Å². The molecule has 0 unspecified atom stereocenters. The number of rotatable bonds is 9. The summed E-state index contributed by atoms with van der Waals surface area (Å²) in [6.45, 7) is 7.96. The zero-order valence-electron chi connectivity index (χ0n) is 22.3. The summed E-state index contributed by atoms with van der Waals surface area (Å²) in [7, 11) is 0. The molecule has 0 aromatic heterocycles. The molecule has 2 atom stereocenters. The van der Waals surface area contributed by atoms with Gasteiger partial charge in [0.1, 0.15) is 11.5 Å². The molecule has 7 heteroatoms. The van der Waals surface area contributed by atoms with E-state index in [9.17, 15) is 14.4 Å². The van der Waals surface area contributed by atoms with Gasteiger partial charge in [-0.25, -0.2) is 0 Å². The SMILES string of the molecule is Cc1ccc(C(C)C)c(Oc2ccc(N3C[C@@H](C(=O)OCC(=O)N[C@H](C)c4ccccc4)CC3=O)cc2)c1. The Morgan fingerprint density at radius 3 is 2.39 bits per heavy atom. The molecule has 0 spiro atoms. The van der Waals surface area contributed by atoms with Crippen molar-refractivity contribution in [2.75, 3.05) is 18.1 Å². The summed E-state index contributed by atoms with van der Waals surface area (Å²) in [6, 6.07) is 22.8. The third kappa shape index (κ3) is 6.59. The minimum absolute atomic E-state index is 0.0418. The van der Waals surface area contributed by atoms with Crippen LogP contribution in [0, 0.1) is 12.8 Å². The molecule has 1 aliphatic rings. The second kappa shape index (κ2) is 11.9. The second-order valence-corrected chi connectivity index (χ2v) is 10.0. The van der Waals surface area contributed by atoms with Gasteiger partial charge in [-0.2, -0.15) is 0 Å². The number of aryl methyl sites for hydroxylation is 1. The summed E-state index contributed by atoms with van der Waals surface area (Å²) in [5.74, 6) is 0.0728. The molecule has 1 fully saturated rings. The summed E-state index contributed by atoms with van der Waals surface area (Å²) in [4.78, 5) is 39.1. The summed E-state index contributed by atoms with van der Waals surface area (Å²) in [5.41, 5.74) is 3.88. The number of benzene rings is 3. The van der Waals surface area contributed by atoms with Gasteiger partial charge in [0.15, 0.2) is 6.61 Å². The van der Waals surface area contributed by atoms with E-state index in [0.717, 1.165) is 22.4 Å². The molecule has 3 aromatic carbocycles. The fourth-order valence-corrected chi connectivity index (χ4v) is 4.51. The molecule has 1 N–H and O–H groups in total.